The first-order valence-corrected chi connectivity index (χ1v) is 7.62. The highest BCUT2D eigenvalue weighted by molar-refractivity contribution is 9.10. The Hall–Kier alpha value is -1.40. The minimum absolute atomic E-state index is 0.368. The van der Waals surface area contributed by atoms with Crippen LogP contribution in [0.3, 0.4) is 0 Å². The molecule has 1 aromatic carbocycles. The van der Waals surface area contributed by atoms with Crippen molar-refractivity contribution < 1.29 is 4.74 Å². The molecule has 1 atom stereocenters. The molecular formula is C14H17BrN4O. The molecule has 1 aliphatic heterocycles. The van der Waals surface area contributed by atoms with E-state index in [-0.39, 0.29) is 0 Å². The summed E-state index contributed by atoms with van der Waals surface area (Å²) in [5.74, 6) is 0.994. The standard InChI is InChI=1S/C14H17BrN4O/c15-11-2-3-14-12(10-11)13(4-9-20-14)16-5-1-7-19-8-6-17-18-19/h2-3,6,8,10,13,16H,1,4-5,7,9H2. The van der Waals surface area contributed by atoms with Gasteiger partial charge in [0.15, 0.2) is 0 Å². The van der Waals surface area contributed by atoms with Crippen LogP contribution in [0.4, 0.5) is 0 Å². The zero-order valence-corrected chi connectivity index (χ0v) is 12.7. The van der Waals surface area contributed by atoms with Crippen LogP contribution >= 0.6 is 15.9 Å². The maximum atomic E-state index is 5.69. The summed E-state index contributed by atoms with van der Waals surface area (Å²) in [6.45, 7) is 2.62. The Morgan fingerprint density at radius 2 is 2.40 bits per heavy atom. The lowest BCUT2D eigenvalue weighted by molar-refractivity contribution is 0.252. The summed E-state index contributed by atoms with van der Waals surface area (Å²) in [5, 5.41) is 11.4. The number of hydrogen-bond donors (Lipinski definition) is 1. The number of fused-ring (bicyclic) bond motifs is 1. The van der Waals surface area contributed by atoms with Gasteiger partial charge in [-0.25, -0.2) is 0 Å². The average molecular weight is 337 g/mol. The van der Waals surface area contributed by atoms with Gasteiger partial charge in [0.25, 0.3) is 0 Å². The number of nitrogens with zero attached hydrogens (tertiary/aromatic N) is 3. The fourth-order valence-electron chi connectivity index (χ4n) is 2.45. The van der Waals surface area contributed by atoms with Gasteiger partial charge in [-0.05, 0) is 31.2 Å². The van der Waals surface area contributed by atoms with Crippen molar-refractivity contribution >= 4 is 15.9 Å². The quantitative estimate of drug-likeness (QED) is 0.852. The molecule has 5 nitrogen and oxygen atoms in total. The van der Waals surface area contributed by atoms with Crippen LogP contribution in [0, 0.1) is 0 Å². The Morgan fingerprint density at radius 1 is 1.45 bits per heavy atom. The molecule has 2 aromatic rings. The molecule has 0 radical (unpaired) electrons. The number of aromatic nitrogens is 3. The van der Waals surface area contributed by atoms with Crippen LogP contribution in [0.25, 0.3) is 0 Å². The normalized spacial score (nSPS) is 17.6. The lowest BCUT2D eigenvalue weighted by Gasteiger charge is -2.27. The minimum atomic E-state index is 0.368. The first-order valence-electron chi connectivity index (χ1n) is 6.82. The lowest BCUT2D eigenvalue weighted by atomic mass is 10.0. The molecule has 1 aliphatic rings. The van der Waals surface area contributed by atoms with Crippen molar-refractivity contribution in [2.24, 2.45) is 0 Å². The van der Waals surface area contributed by atoms with Crippen molar-refractivity contribution in [3.05, 3.63) is 40.6 Å². The Balaban J connectivity index is 1.55. The smallest absolute Gasteiger partial charge is 0.124 e. The van der Waals surface area contributed by atoms with Crippen LogP contribution < -0.4 is 10.1 Å². The van der Waals surface area contributed by atoms with Gasteiger partial charge in [-0.15, -0.1) is 5.10 Å². The third-order valence-electron chi connectivity index (χ3n) is 3.44. The SMILES string of the molecule is Brc1ccc2c(c1)C(NCCCn1ccnn1)CCO2. The molecule has 1 aromatic heterocycles. The predicted molar refractivity (Wildman–Crippen MR) is 79.6 cm³/mol. The maximum absolute atomic E-state index is 5.69. The monoisotopic (exact) mass is 336 g/mol. The van der Waals surface area contributed by atoms with Crippen molar-refractivity contribution in [3.63, 3.8) is 0 Å². The van der Waals surface area contributed by atoms with Gasteiger partial charge < -0.3 is 10.1 Å². The van der Waals surface area contributed by atoms with E-state index in [9.17, 15) is 0 Å². The Labute approximate surface area is 126 Å². The summed E-state index contributed by atoms with van der Waals surface area (Å²) < 4.78 is 8.64. The molecule has 3 rings (SSSR count). The van der Waals surface area contributed by atoms with Crippen molar-refractivity contribution in [1.29, 1.82) is 0 Å². The number of nitrogens with one attached hydrogen (secondary N) is 1. The second kappa shape index (κ2) is 6.37. The second-order valence-corrected chi connectivity index (χ2v) is 5.76. The molecular weight excluding hydrogens is 320 g/mol. The van der Waals surface area contributed by atoms with Crippen LogP contribution in [0.5, 0.6) is 5.75 Å². The van der Waals surface area contributed by atoms with Gasteiger partial charge in [-0.3, -0.25) is 4.68 Å². The molecule has 0 aliphatic carbocycles. The number of hydrogen-bond acceptors (Lipinski definition) is 4. The summed E-state index contributed by atoms with van der Waals surface area (Å²) in [6.07, 6.45) is 5.64. The highest BCUT2D eigenvalue weighted by Gasteiger charge is 2.20. The van der Waals surface area contributed by atoms with E-state index in [2.05, 4.69) is 37.6 Å². The third kappa shape index (κ3) is 3.19. The highest BCUT2D eigenvalue weighted by Crippen LogP contribution is 2.33. The van der Waals surface area contributed by atoms with Crippen LogP contribution in [0.1, 0.15) is 24.4 Å². The van der Waals surface area contributed by atoms with E-state index >= 15 is 0 Å². The molecule has 1 N–H and O–H groups in total. The predicted octanol–water partition coefficient (Wildman–Crippen LogP) is 2.54. The van der Waals surface area contributed by atoms with E-state index in [4.69, 9.17) is 4.74 Å². The van der Waals surface area contributed by atoms with Gasteiger partial charge in [0.05, 0.1) is 12.8 Å². The van der Waals surface area contributed by atoms with Crippen LogP contribution in [0.15, 0.2) is 35.1 Å². The highest BCUT2D eigenvalue weighted by atomic mass is 79.9. The molecule has 6 heteroatoms. The summed E-state index contributed by atoms with van der Waals surface area (Å²) >= 11 is 3.52. The molecule has 0 saturated heterocycles. The molecule has 0 fully saturated rings. The molecule has 0 amide bonds. The fourth-order valence-corrected chi connectivity index (χ4v) is 2.83. The number of benzene rings is 1. The number of rotatable bonds is 5. The molecule has 20 heavy (non-hydrogen) atoms. The van der Waals surface area contributed by atoms with Crippen molar-refractivity contribution in [3.8, 4) is 5.75 Å². The van der Waals surface area contributed by atoms with E-state index in [0.29, 0.717) is 6.04 Å². The van der Waals surface area contributed by atoms with E-state index in [1.165, 1.54) is 5.56 Å². The van der Waals surface area contributed by atoms with E-state index < -0.39 is 0 Å². The van der Waals surface area contributed by atoms with Crippen LogP contribution in [-0.2, 0) is 6.54 Å². The molecule has 106 valence electrons. The van der Waals surface area contributed by atoms with Crippen LogP contribution in [0.2, 0.25) is 0 Å². The second-order valence-electron chi connectivity index (χ2n) is 4.85. The van der Waals surface area contributed by atoms with E-state index in [0.717, 1.165) is 42.8 Å². The number of ether oxygens (including phenoxy) is 1. The average Bonchev–Trinajstić information content (AvgIpc) is 2.97. The van der Waals surface area contributed by atoms with Gasteiger partial charge >= 0.3 is 0 Å². The topological polar surface area (TPSA) is 52.0 Å². The van der Waals surface area contributed by atoms with Crippen molar-refractivity contribution in [2.75, 3.05) is 13.2 Å². The van der Waals surface area contributed by atoms with Gasteiger partial charge in [-0.1, -0.05) is 21.1 Å². The number of aryl methyl sites for hydroxylation is 1. The fraction of sp³-hybridized carbons (Fsp3) is 0.429. The summed E-state index contributed by atoms with van der Waals surface area (Å²) in [5.41, 5.74) is 1.24. The van der Waals surface area contributed by atoms with E-state index in [1.54, 1.807) is 6.20 Å². The molecule has 0 bridgehead atoms. The first kappa shape index (κ1) is 13.6. The molecule has 0 saturated carbocycles. The lowest BCUT2D eigenvalue weighted by Crippen LogP contribution is -2.28. The van der Waals surface area contributed by atoms with E-state index in [1.807, 2.05) is 23.0 Å². The number of halogens is 1. The van der Waals surface area contributed by atoms with Crippen molar-refractivity contribution in [1.82, 2.24) is 20.3 Å². The van der Waals surface area contributed by atoms with Gasteiger partial charge in [0.2, 0.25) is 0 Å². The Morgan fingerprint density at radius 3 is 3.25 bits per heavy atom. The van der Waals surface area contributed by atoms with Gasteiger partial charge in [0, 0.05) is 35.2 Å². The zero-order valence-electron chi connectivity index (χ0n) is 11.1. The summed E-state index contributed by atoms with van der Waals surface area (Å²) in [7, 11) is 0. The molecule has 2 heterocycles. The third-order valence-corrected chi connectivity index (χ3v) is 3.93. The molecule has 0 spiro atoms. The molecule has 1 unspecified atom stereocenters. The summed E-state index contributed by atoms with van der Waals surface area (Å²) in [6, 6.07) is 6.56. The zero-order chi connectivity index (χ0) is 13.8. The summed E-state index contributed by atoms with van der Waals surface area (Å²) in [4.78, 5) is 0. The van der Waals surface area contributed by atoms with Gasteiger partial charge in [-0.2, -0.15) is 0 Å². The van der Waals surface area contributed by atoms with Crippen LogP contribution in [-0.4, -0.2) is 28.1 Å². The Bertz CT molecular complexity index is 558. The van der Waals surface area contributed by atoms with Gasteiger partial charge in [0.1, 0.15) is 5.75 Å². The largest absolute Gasteiger partial charge is 0.493 e. The first-order chi connectivity index (χ1) is 9.83. The minimum Gasteiger partial charge on any atom is -0.493 e. The van der Waals surface area contributed by atoms with Crippen molar-refractivity contribution in [2.45, 2.75) is 25.4 Å². The Kier molecular flexibility index (Phi) is 4.32. The maximum Gasteiger partial charge on any atom is 0.124 e.